The van der Waals surface area contributed by atoms with Crippen LogP contribution in [0.3, 0.4) is 0 Å². The summed E-state index contributed by atoms with van der Waals surface area (Å²) in [5.74, 6) is 0.399. The van der Waals surface area contributed by atoms with E-state index in [4.69, 9.17) is 15.7 Å². The summed E-state index contributed by atoms with van der Waals surface area (Å²) in [4.78, 5) is 6.26. The molecule has 0 aliphatic heterocycles. The maximum absolute atomic E-state index is 8.67. The average Bonchev–Trinajstić information content (AvgIpc) is 2.36. The first-order valence-corrected chi connectivity index (χ1v) is 5.72. The van der Waals surface area contributed by atoms with Gasteiger partial charge in [-0.1, -0.05) is 13.8 Å². The van der Waals surface area contributed by atoms with Crippen molar-refractivity contribution < 1.29 is 4.74 Å². The number of hydrogen-bond acceptors (Lipinski definition) is 5. The molecular weight excluding hydrogens is 216 g/mol. The van der Waals surface area contributed by atoms with Crippen molar-refractivity contribution in [1.82, 2.24) is 9.88 Å². The van der Waals surface area contributed by atoms with Crippen molar-refractivity contribution in [2.24, 2.45) is 0 Å². The Bertz CT molecular complexity index is 396. The van der Waals surface area contributed by atoms with Crippen molar-refractivity contribution in [3.05, 3.63) is 17.8 Å². The van der Waals surface area contributed by atoms with E-state index in [1.807, 2.05) is 6.07 Å². The van der Waals surface area contributed by atoms with E-state index in [-0.39, 0.29) is 0 Å². The number of nitrogen functional groups attached to an aromatic ring is 1. The predicted molar refractivity (Wildman–Crippen MR) is 66.6 cm³/mol. The van der Waals surface area contributed by atoms with Crippen LogP contribution in [-0.4, -0.2) is 36.1 Å². The highest BCUT2D eigenvalue weighted by molar-refractivity contribution is 5.51. The average molecular weight is 234 g/mol. The van der Waals surface area contributed by atoms with Gasteiger partial charge >= 0.3 is 0 Å². The molecule has 0 aromatic carbocycles. The van der Waals surface area contributed by atoms with Crippen LogP contribution in [0.5, 0.6) is 5.88 Å². The Labute approximate surface area is 102 Å². The van der Waals surface area contributed by atoms with Gasteiger partial charge in [-0.25, -0.2) is 4.98 Å². The number of anilines is 1. The second-order valence-corrected chi connectivity index (χ2v) is 3.61. The first kappa shape index (κ1) is 13.3. The molecule has 0 fully saturated rings. The van der Waals surface area contributed by atoms with Gasteiger partial charge in [-0.05, 0) is 19.2 Å². The Kier molecular flexibility index (Phi) is 5.24. The van der Waals surface area contributed by atoms with Gasteiger partial charge in [-0.15, -0.1) is 0 Å². The number of nitriles is 1. The Morgan fingerprint density at radius 3 is 2.71 bits per heavy atom. The molecule has 0 amide bonds. The minimum Gasteiger partial charge on any atom is -0.475 e. The maximum atomic E-state index is 8.67. The van der Waals surface area contributed by atoms with Gasteiger partial charge < -0.3 is 15.4 Å². The number of ether oxygens (including phenoxy) is 1. The third kappa shape index (κ3) is 3.93. The van der Waals surface area contributed by atoms with Crippen LogP contribution in [0.4, 0.5) is 5.69 Å². The molecule has 0 bridgehead atoms. The van der Waals surface area contributed by atoms with Gasteiger partial charge in [-0.3, -0.25) is 0 Å². The summed E-state index contributed by atoms with van der Waals surface area (Å²) in [6.07, 6.45) is 1.46. The van der Waals surface area contributed by atoms with Gasteiger partial charge in [0.05, 0.1) is 11.3 Å². The number of rotatable bonds is 6. The molecule has 17 heavy (non-hydrogen) atoms. The largest absolute Gasteiger partial charge is 0.475 e. The molecule has 0 unspecified atom stereocenters. The Balaban J connectivity index is 2.50. The summed E-state index contributed by atoms with van der Waals surface area (Å²) < 4.78 is 5.48. The van der Waals surface area contributed by atoms with E-state index in [1.165, 1.54) is 6.20 Å². The highest BCUT2D eigenvalue weighted by Gasteiger charge is 2.05. The molecule has 0 saturated carbocycles. The van der Waals surface area contributed by atoms with E-state index in [0.717, 1.165) is 19.6 Å². The van der Waals surface area contributed by atoms with Gasteiger partial charge in [0.25, 0.3) is 0 Å². The lowest BCUT2D eigenvalue weighted by atomic mass is 10.3. The van der Waals surface area contributed by atoms with Gasteiger partial charge in [0.15, 0.2) is 0 Å². The first-order chi connectivity index (χ1) is 8.21. The lowest BCUT2D eigenvalue weighted by Crippen LogP contribution is -2.28. The van der Waals surface area contributed by atoms with E-state index in [1.54, 1.807) is 6.07 Å². The second kappa shape index (κ2) is 6.71. The van der Waals surface area contributed by atoms with Crippen LogP contribution >= 0.6 is 0 Å². The monoisotopic (exact) mass is 234 g/mol. The Morgan fingerprint density at radius 1 is 1.47 bits per heavy atom. The SMILES string of the molecule is CCN(CC)CCOc1ncc(C#N)cc1N. The third-order valence-corrected chi connectivity index (χ3v) is 2.55. The summed E-state index contributed by atoms with van der Waals surface area (Å²) in [5.41, 5.74) is 6.58. The molecular formula is C12H18N4O. The van der Waals surface area contributed by atoms with Crippen LogP contribution in [0.25, 0.3) is 0 Å². The van der Waals surface area contributed by atoms with Crippen LogP contribution < -0.4 is 10.5 Å². The molecule has 5 heteroatoms. The molecule has 0 aliphatic rings. The number of aromatic nitrogens is 1. The van der Waals surface area contributed by atoms with Gasteiger partial charge in [0.2, 0.25) is 5.88 Å². The minimum absolute atomic E-state index is 0.399. The molecule has 1 rings (SSSR count). The van der Waals surface area contributed by atoms with Crippen molar-refractivity contribution in [1.29, 1.82) is 5.26 Å². The summed E-state index contributed by atoms with van der Waals surface area (Å²) >= 11 is 0. The predicted octanol–water partition coefficient (Wildman–Crippen LogP) is 1.26. The number of likely N-dealkylation sites (N-methyl/N-ethyl adjacent to an activating group) is 1. The van der Waals surface area contributed by atoms with E-state index in [9.17, 15) is 0 Å². The van der Waals surface area contributed by atoms with E-state index in [2.05, 4.69) is 23.7 Å². The zero-order valence-electron chi connectivity index (χ0n) is 10.3. The molecule has 1 heterocycles. The standard InChI is InChI=1S/C12H18N4O/c1-3-16(4-2)5-6-17-12-11(14)7-10(8-13)9-15-12/h7,9H,3-6,14H2,1-2H3. The molecule has 2 N–H and O–H groups in total. The van der Waals surface area contributed by atoms with Crippen LogP contribution in [0.15, 0.2) is 12.3 Å². The van der Waals surface area contributed by atoms with Gasteiger partial charge in [-0.2, -0.15) is 5.26 Å². The lowest BCUT2D eigenvalue weighted by Gasteiger charge is -2.18. The molecule has 1 aromatic heterocycles. The van der Waals surface area contributed by atoms with Crippen molar-refractivity contribution >= 4 is 5.69 Å². The fourth-order valence-corrected chi connectivity index (χ4v) is 1.46. The number of nitrogens with zero attached hydrogens (tertiary/aromatic N) is 3. The zero-order valence-corrected chi connectivity index (χ0v) is 10.3. The van der Waals surface area contributed by atoms with E-state index >= 15 is 0 Å². The van der Waals surface area contributed by atoms with Crippen LogP contribution in [-0.2, 0) is 0 Å². The maximum Gasteiger partial charge on any atom is 0.237 e. The van der Waals surface area contributed by atoms with Crippen LogP contribution in [0.2, 0.25) is 0 Å². The first-order valence-electron chi connectivity index (χ1n) is 5.72. The summed E-state index contributed by atoms with van der Waals surface area (Å²) in [5, 5.41) is 8.67. The van der Waals surface area contributed by atoms with E-state index in [0.29, 0.717) is 23.7 Å². The highest BCUT2D eigenvalue weighted by Crippen LogP contribution is 2.18. The lowest BCUT2D eigenvalue weighted by molar-refractivity contribution is 0.219. The summed E-state index contributed by atoms with van der Waals surface area (Å²) in [6.45, 7) is 7.60. The second-order valence-electron chi connectivity index (χ2n) is 3.61. The van der Waals surface area contributed by atoms with Crippen LogP contribution in [0, 0.1) is 11.3 Å². The summed E-state index contributed by atoms with van der Waals surface area (Å²) in [6, 6.07) is 3.55. The molecule has 0 aliphatic carbocycles. The third-order valence-electron chi connectivity index (χ3n) is 2.55. The smallest absolute Gasteiger partial charge is 0.237 e. The minimum atomic E-state index is 0.399. The zero-order chi connectivity index (χ0) is 12.7. The van der Waals surface area contributed by atoms with Gasteiger partial charge in [0, 0.05) is 12.7 Å². The normalized spacial score (nSPS) is 10.2. The van der Waals surface area contributed by atoms with E-state index < -0.39 is 0 Å². The number of hydrogen-bond donors (Lipinski definition) is 1. The Morgan fingerprint density at radius 2 is 2.18 bits per heavy atom. The van der Waals surface area contributed by atoms with Crippen molar-refractivity contribution in [2.75, 3.05) is 32.0 Å². The van der Waals surface area contributed by atoms with Crippen molar-refractivity contribution in [3.8, 4) is 11.9 Å². The van der Waals surface area contributed by atoms with Crippen LogP contribution in [0.1, 0.15) is 19.4 Å². The number of pyridine rings is 1. The molecule has 0 spiro atoms. The summed E-state index contributed by atoms with van der Waals surface area (Å²) in [7, 11) is 0. The topological polar surface area (TPSA) is 75.2 Å². The molecule has 0 atom stereocenters. The fraction of sp³-hybridized carbons (Fsp3) is 0.500. The molecule has 92 valence electrons. The highest BCUT2D eigenvalue weighted by atomic mass is 16.5. The molecule has 1 aromatic rings. The van der Waals surface area contributed by atoms with Crippen molar-refractivity contribution in [2.45, 2.75) is 13.8 Å². The molecule has 0 radical (unpaired) electrons. The quantitative estimate of drug-likeness (QED) is 0.802. The molecule has 0 saturated heterocycles. The Hall–Kier alpha value is -1.80. The van der Waals surface area contributed by atoms with Gasteiger partial charge in [0.1, 0.15) is 12.7 Å². The number of nitrogens with two attached hydrogens (primary N) is 1. The van der Waals surface area contributed by atoms with Crippen molar-refractivity contribution in [3.63, 3.8) is 0 Å². The fourth-order valence-electron chi connectivity index (χ4n) is 1.46. The molecule has 5 nitrogen and oxygen atoms in total.